The van der Waals surface area contributed by atoms with E-state index in [-0.39, 0.29) is 10.8 Å². The average Bonchev–Trinajstić information content (AvgIpc) is 2.25. The zero-order valence-corrected chi connectivity index (χ0v) is 14.3. The van der Waals surface area contributed by atoms with E-state index in [1.807, 2.05) is 6.07 Å². The standard InChI is InChI=1S/C16H30N4/c1-9-17-12-10-13(20(8)11-15(2,3)4)19-14(18-12)16(5,6)7/h10H,9,11H2,1-8H3,(H,17,18,19). The summed E-state index contributed by atoms with van der Waals surface area (Å²) in [5, 5.41) is 3.30. The molecule has 0 amide bonds. The van der Waals surface area contributed by atoms with Gasteiger partial charge in [0.2, 0.25) is 0 Å². The van der Waals surface area contributed by atoms with Gasteiger partial charge in [-0.25, -0.2) is 9.97 Å². The Morgan fingerprint density at radius 2 is 1.70 bits per heavy atom. The van der Waals surface area contributed by atoms with Crippen molar-refractivity contribution in [3.05, 3.63) is 11.9 Å². The van der Waals surface area contributed by atoms with Crippen molar-refractivity contribution in [3.8, 4) is 0 Å². The molecule has 0 saturated carbocycles. The molecule has 0 unspecified atom stereocenters. The number of rotatable bonds is 4. The summed E-state index contributed by atoms with van der Waals surface area (Å²) in [5.41, 5.74) is 0.183. The monoisotopic (exact) mass is 278 g/mol. The zero-order valence-electron chi connectivity index (χ0n) is 14.3. The largest absolute Gasteiger partial charge is 0.370 e. The van der Waals surface area contributed by atoms with Crippen LogP contribution in [-0.2, 0) is 5.41 Å². The minimum absolute atomic E-state index is 0.0528. The van der Waals surface area contributed by atoms with Gasteiger partial charge in [0.25, 0.3) is 0 Å². The topological polar surface area (TPSA) is 41.0 Å². The highest BCUT2D eigenvalue weighted by Gasteiger charge is 2.21. The second kappa shape index (κ2) is 5.98. The fourth-order valence-electron chi connectivity index (χ4n) is 2.03. The Morgan fingerprint density at radius 3 is 2.15 bits per heavy atom. The lowest BCUT2D eigenvalue weighted by molar-refractivity contribution is 0.417. The number of nitrogens with one attached hydrogen (secondary N) is 1. The van der Waals surface area contributed by atoms with Gasteiger partial charge in [-0.2, -0.15) is 0 Å². The molecular formula is C16H30N4. The molecule has 4 heteroatoms. The van der Waals surface area contributed by atoms with Gasteiger partial charge >= 0.3 is 0 Å². The molecule has 0 saturated heterocycles. The molecule has 0 fully saturated rings. The van der Waals surface area contributed by atoms with Crippen molar-refractivity contribution in [3.63, 3.8) is 0 Å². The Kier molecular flexibility index (Phi) is 5.00. The SMILES string of the molecule is CCNc1cc(N(C)CC(C)(C)C)nc(C(C)(C)C)n1. The molecule has 0 aliphatic heterocycles. The molecule has 0 radical (unpaired) electrons. The predicted octanol–water partition coefficient (Wildman–Crippen LogP) is 3.69. The van der Waals surface area contributed by atoms with E-state index in [9.17, 15) is 0 Å². The van der Waals surface area contributed by atoms with Crippen LogP contribution in [0, 0.1) is 5.41 Å². The van der Waals surface area contributed by atoms with Crippen LogP contribution < -0.4 is 10.2 Å². The Morgan fingerprint density at radius 1 is 1.10 bits per heavy atom. The summed E-state index contributed by atoms with van der Waals surface area (Å²) in [5.74, 6) is 2.77. The Labute approximate surface area is 124 Å². The van der Waals surface area contributed by atoms with Gasteiger partial charge in [-0.1, -0.05) is 41.5 Å². The fraction of sp³-hybridized carbons (Fsp3) is 0.750. The Bertz CT molecular complexity index is 441. The minimum Gasteiger partial charge on any atom is -0.370 e. The van der Waals surface area contributed by atoms with E-state index in [0.29, 0.717) is 0 Å². The number of hydrogen-bond acceptors (Lipinski definition) is 4. The summed E-state index contributed by atoms with van der Waals surface area (Å²) in [6, 6.07) is 2.03. The fourth-order valence-corrected chi connectivity index (χ4v) is 2.03. The third-order valence-corrected chi connectivity index (χ3v) is 2.84. The molecule has 0 atom stereocenters. The third-order valence-electron chi connectivity index (χ3n) is 2.84. The molecule has 0 aliphatic rings. The first-order valence-electron chi connectivity index (χ1n) is 7.37. The second-order valence-corrected chi connectivity index (χ2v) is 7.63. The van der Waals surface area contributed by atoms with Crippen molar-refractivity contribution < 1.29 is 0 Å². The highest BCUT2D eigenvalue weighted by molar-refractivity contribution is 5.49. The molecule has 0 aliphatic carbocycles. The highest BCUT2D eigenvalue weighted by Crippen LogP contribution is 2.25. The maximum absolute atomic E-state index is 4.75. The molecule has 1 rings (SSSR count). The summed E-state index contributed by atoms with van der Waals surface area (Å²) in [7, 11) is 2.09. The summed E-state index contributed by atoms with van der Waals surface area (Å²) >= 11 is 0. The number of nitrogens with zero attached hydrogens (tertiary/aromatic N) is 3. The van der Waals surface area contributed by atoms with Crippen LogP contribution >= 0.6 is 0 Å². The average molecular weight is 278 g/mol. The van der Waals surface area contributed by atoms with Gasteiger partial charge in [0, 0.05) is 31.6 Å². The van der Waals surface area contributed by atoms with E-state index < -0.39 is 0 Å². The molecule has 0 bridgehead atoms. The van der Waals surface area contributed by atoms with Gasteiger partial charge in [-0.15, -0.1) is 0 Å². The lowest BCUT2D eigenvalue weighted by Crippen LogP contribution is -2.31. The van der Waals surface area contributed by atoms with E-state index in [1.54, 1.807) is 0 Å². The van der Waals surface area contributed by atoms with Crippen LogP contribution in [0.5, 0.6) is 0 Å². The van der Waals surface area contributed by atoms with E-state index in [4.69, 9.17) is 4.98 Å². The van der Waals surface area contributed by atoms with Gasteiger partial charge in [0.15, 0.2) is 0 Å². The molecule has 1 heterocycles. The van der Waals surface area contributed by atoms with E-state index >= 15 is 0 Å². The van der Waals surface area contributed by atoms with Crippen LogP contribution in [0.4, 0.5) is 11.6 Å². The molecule has 114 valence electrons. The molecule has 1 aromatic rings. The van der Waals surface area contributed by atoms with Crippen LogP contribution in [-0.4, -0.2) is 30.1 Å². The van der Waals surface area contributed by atoms with E-state index in [2.05, 4.69) is 70.7 Å². The zero-order chi connectivity index (χ0) is 15.6. The number of aromatic nitrogens is 2. The van der Waals surface area contributed by atoms with Crippen LogP contribution in [0.3, 0.4) is 0 Å². The lowest BCUT2D eigenvalue weighted by Gasteiger charge is -2.29. The van der Waals surface area contributed by atoms with Gasteiger partial charge in [-0.05, 0) is 12.3 Å². The van der Waals surface area contributed by atoms with Crippen LogP contribution in [0.15, 0.2) is 6.07 Å². The normalized spacial score (nSPS) is 12.4. The summed E-state index contributed by atoms with van der Waals surface area (Å²) in [6.07, 6.45) is 0. The summed E-state index contributed by atoms with van der Waals surface area (Å²) < 4.78 is 0. The summed E-state index contributed by atoms with van der Waals surface area (Å²) in [6.45, 7) is 17.0. The highest BCUT2D eigenvalue weighted by atomic mass is 15.2. The Balaban J connectivity index is 3.15. The molecule has 0 spiro atoms. The van der Waals surface area contributed by atoms with E-state index in [1.165, 1.54) is 0 Å². The first kappa shape index (κ1) is 16.7. The van der Waals surface area contributed by atoms with Crippen molar-refractivity contribution >= 4 is 11.6 Å². The quantitative estimate of drug-likeness (QED) is 0.912. The molecule has 0 aromatic carbocycles. The molecule has 4 nitrogen and oxygen atoms in total. The van der Waals surface area contributed by atoms with Crippen LogP contribution in [0.2, 0.25) is 0 Å². The maximum Gasteiger partial charge on any atom is 0.138 e. The first-order chi connectivity index (χ1) is 9.03. The number of hydrogen-bond donors (Lipinski definition) is 1. The molecular weight excluding hydrogens is 248 g/mol. The van der Waals surface area contributed by atoms with Crippen molar-refractivity contribution in [2.24, 2.45) is 5.41 Å². The van der Waals surface area contributed by atoms with Gasteiger partial charge in [0.1, 0.15) is 17.5 Å². The Hall–Kier alpha value is -1.32. The van der Waals surface area contributed by atoms with Gasteiger partial charge in [0.05, 0.1) is 0 Å². The van der Waals surface area contributed by atoms with Crippen LogP contribution in [0.1, 0.15) is 54.3 Å². The van der Waals surface area contributed by atoms with Gasteiger partial charge < -0.3 is 10.2 Å². The maximum atomic E-state index is 4.75. The second-order valence-electron chi connectivity index (χ2n) is 7.63. The lowest BCUT2D eigenvalue weighted by atomic mass is 9.95. The summed E-state index contributed by atoms with van der Waals surface area (Å²) in [4.78, 5) is 11.6. The van der Waals surface area contributed by atoms with Crippen LogP contribution in [0.25, 0.3) is 0 Å². The van der Waals surface area contributed by atoms with E-state index in [0.717, 1.165) is 30.5 Å². The molecule has 20 heavy (non-hydrogen) atoms. The first-order valence-corrected chi connectivity index (χ1v) is 7.37. The number of anilines is 2. The minimum atomic E-state index is -0.0528. The molecule has 1 N–H and O–H groups in total. The van der Waals surface area contributed by atoms with Crippen molar-refractivity contribution in [1.82, 2.24) is 9.97 Å². The van der Waals surface area contributed by atoms with Crippen molar-refractivity contribution in [1.29, 1.82) is 0 Å². The molecule has 1 aromatic heterocycles. The predicted molar refractivity (Wildman–Crippen MR) is 87.6 cm³/mol. The van der Waals surface area contributed by atoms with Crippen molar-refractivity contribution in [2.75, 3.05) is 30.4 Å². The van der Waals surface area contributed by atoms with Gasteiger partial charge in [-0.3, -0.25) is 0 Å². The smallest absolute Gasteiger partial charge is 0.138 e. The third kappa shape index (κ3) is 4.99. The van der Waals surface area contributed by atoms with Crippen molar-refractivity contribution in [2.45, 2.75) is 53.9 Å².